The first-order chi connectivity index (χ1) is 18.0. The Morgan fingerprint density at radius 3 is 2.11 bits per heavy atom. The molecule has 4 rings (SSSR count). The van der Waals surface area contributed by atoms with Crippen LogP contribution in [0.2, 0.25) is 0 Å². The van der Waals surface area contributed by atoms with Gasteiger partial charge in [-0.05, 0) is 42.7 Å². The second-order valence-corrected chi connectivity index (χ2v) is 11.6. The van der Waals surface area contributed by atoms with Crippen LogP contribution >= 0.6 is 0 Å². The second kappa shape index (κ2) is 13.6. The lowest BCUT2D eigenvalue weighted by Gasteiger charge is -2.34. The van der Waals surface area contributed by atoms with E-state index >= 15 is 0 Å². The minimum Gasteiger partial charge on any atom is -0.350 e. The van der Waals surface area contributed by atoms with E-state index in [0.29, 0.717) is 0 Å². The summed E-state index contributed by atoms with van der Waals surface area (Å²) in [6.45, 7) is 9.57. The van der Waals surface area contributed by atoms with E-state index in [2.05, 4.69) is 72.7 Å². The smallest absolute Gasteiger partial charge is 0.277 e. The fourth-order valence-electron chi connectivity index (χ4n) is 6.52. The summed E-state index contributed by atoms with van der Waals surface area (Å²) in [5, 5.41) is 14.5. The molecule has 1 unspecified atom stereocenters. The van der Waals surface area contributed by atoms with Gasteiger partial charge >= 0.3 is 0 Å². The second-order valence-electron chi connectivity index (χ2n) is 11.6. The SMILES string of the molecule is CCCCCCCCCCCCCCC1(O)C(C)=C(C)C2=[N+](Cc3ccc4ccccc4c3)CCCN21. The Kier molecular flexibility index (Phi) is 10.3. The zero-order chi connectivity index (χ0) is 26.1. The van der Waals surface area contributed by atoms with Crippen molar-refractivity contribution in [2.45, 2.75) is 123 Å². The number of rotatable bonds is 15. The molecule has 0 spiro atoms. The molecule has 0 aromatic heterocycles. The number of amidine groups is 1. The zero-order valence-electron chi connectivity index (χ0n) is 23.9. The van der Waals surface area contributed by atoms with Crippen LogP contribution in [0.15, 0.2) is 53.6 Å². The van der Waals surface area contributed by atoms with Crippen molar-refractivity contribution in [3.8, 4) is 0 Å². The highest BCUT2D eigenvalue weighted by Crippen LogP contribution is 2.39. The van der Waals surface area contributed by atoms with Gasteiger partial charge in [-0.2, -0.15) is 0 Å². The molecule has 0 saturated carbocycles. The summed E-state index contributed by atoms with van der Waals surface area (Å²) >= 11 is 0. The topological polar surface area (TPSA) is 26.5 Å². The number of nitrogens with zero attached hydrogens (tertiary/aromatic N) is 2. The molecule has 0 fully saturated rings. The van der Waals surface area contributed by atoms with Crippen LogP contribution < -0.4 is 0 Å². The summed E-state index contributed by atoms with van der Waals surface area (Å²) in [5.74, 6) is 1.26. The Morgan fingerprint density at radius 2 is 1.43 bits per heavy atom. The van der Waals surface area contributed by atoms with Crippen LogP contribution in [-0.4, -0.2) is 39.2 Å². The molecule has 0 bridgehead atoms. The quantitative estimate of drug-likeness (QED) is 0.195. The average Bonchev–Trinajstić information content (AvgIpc) is 3.11. The molecule has 2 aromatic carbocycles. The molecule has 37 heavy (non-hydrogen) atoms. The van der Waals surface area contributed by atoms with Crippen molar-refractivity contribution in [2.75, 3.05) is 13.1 Å². The normalized spacial score (nSPS) is 19.8. The Morgan fingerprint density at radius 1 is 0.811 bits per heavy atom. The summed E-state index contributed by atoms with van der Waals surface area (Å²) < 4.78 is 2.51. The van der Waals surface area contributed by atoms with Crippen molar-refractivity contribution >= 4 is 16.6 Å². The van der Waals surface area contributed by atoms with Crippen LogP contribution in [0.3, 0.4) is 0 Å². The Labute approximate surface area is 226 Å². The molecule has 0 saturated heterocycles. The predicted molar refractivity (Wildman–Crippen MR) is 158 cm³/mol. The van der Waals surface area contributed by atoms with Crippen molar-refractivity contribution in [3.63, 3.8) is 0 Å². The third-order valence-corrected chi connectivity index (χ3v) is 8.88. The molecule has 2 aliphatic rings. The highest BCUT2D eigenvalue weighted by Gasteiger charge is 2.53. The maximum Gasteiger partial charge on any atom is 0.277 e. The van der Waals surface area contributed by atoms with Gasteiger partial charge in [-0.15, -0.1) is 0 Å². The van der Waals surface area contributed by atoms with E-state index < -0.39 is 5.72 Å². The van der Waals surface area contributed by atoms with Crippen molar-refractivity contribution in [1.82, 2.24) is 4.90 Å². The lowest BCUT2D eigenvalue weighted by atomic mass is 9.96. The van der Waals surface area contributed by atoms with E-state index in [9.17, 15) is 5.11 Å². The molecule has 202 valence electrons. The molecule has 2 aromatic rings. The van der Waals surface area contributed by atoms with E-state index in [1.807, 2.05) is 0 Å². The van der Waals surface area contributed by atoms with Crippen LogP contribution in [0.25, 0.3) is 10.8 Å². The Balaban J connectivity index is 1.28. The van der Waals surface area contributed by atoms with Gasteiger partial charge in [0.1, 0.15) is 6.54 Å². The van der Waals surface area contributed by atoms with E-state index in [0.717, 1.165) is 44.5 Å². The minimum absolute atomic E-state index is 0.806. The summed E-state index contributed by atoms with van der Waals surface area (Å²) in [6.07, 6.45) is 18.1. The van der Waals surface area contributed by atoms with Crippen LogP contribution in [0.4, 0.5) is 0 Å². The number of hydrogen-bond donors (Lipinski definition) is 1. The largest absolute Gasteiger partial charge is 0.350 e. The maximum absolute atomic E-state index is 11.9. The number of aliphatic hydroxyl groups is 1. The number of unbranched alkanes of at least 4 members (excludes halogenated alkanes) is 11. The maximum atomic E-state index is 11.9. The summed E-state index contributed by atoms with van der Waals surface area (Å²) in [4.78, 5) is 2.33. The van der Waals surface area contributed by atoms with Gasteiger partial charge in [0.25, 0.3) is 5.84 Å². The predicted octanol–water partition coefficient (Wildman–Crippen LogP) is 8.59. The van der Waals surface area contributed by atoms with Gasteiger partial charge in [-0.1, -0.05) is 114 Å². The molecular weight excluding hydrogens is 452 g/mol. The molecule has 1 atom stereocenters. The first-order valence-electron chi connectivity index (χ1n) is 15.3. The van der Waals surface area contributed by atoms with Gasteiger partial charge in [0.05, 0.1) is 13.1 Å². The minimum atomic E-state index is -0.806. The molecule has 0 radical (unpaired) electrons. The number of fused-ring (bicyclic) bond motifs is 2. The van der Waals surface area contributed by atoms with Crippen LogP contribution in [0.1, 0.15) is 116 Å². The third-order valence-electron chi connectivity index (χ3n) is 8.88. The fraction of sp³-hybridized carbons (Fsp3) is 0.618. The standard InChI is InChI=1S/C34H51N2O/c1-4-5-6-7-8-9-10-11-12-13-14-17-23-34(37)29(3)28(2)33-35(24-18-25-36(33)34)27-30-21-22-31-19-15-16-20-32(31)26-30/h15-16,19-22,26,37H,4-14,17-18,23-25,27H2,1-3H3/q+1. The van der Waals surface area contributed by atoms with E-state index in [4.69, 9.17) is 0 Å². The van der Waals surface area contributed by atoms with Crippen molar-refractivity contribution in [1.29, 1.82) is 0 Å². The number of benzene rings is 2. The summed E-state index contributed by atoms with van der Waals surface area (Å²) in [5.41, 5.74) is 2.98. The monoisotopic (exact) mass is 503 g/mol. The third kappa shape index (κ3) is 6.85. The fourth-order valence-corrected chi connectivity index (χ4v) is 6.52. The van der Waals surface area contributed by atoms with E-state index in [1.54, 1.807) is 0 Å². The molecule has 0 amide bonds. The molecule has 3 heteroatoms. The first-order valence-corrected chi connectivity index (χ1v) is 15.3. The van der Waals surface area contributed by atoms with Gasteiger partial charge in [0.2, 0.25) is 5.72 Å². The molecule has 2 aliphatic heterocycles. The van der Waals surface area contributed by atoms with Gasteiger partial charge in [-0.3, -0.25) is 4.58 Å². The molecule has 0 aliphatic carbocycles. The van der Waals surface area contributed by atoms with Gasteiger partial charge in [0.15, 0.2) is 0 Å². The molecule has 2 heterocycles. The average molecular weight is 504 g/mol. The molecular formula is C34H51N2O+. The molecule has 1 N–H and O–H groups in total. The van der Waals surface area contributed by atoms with Gasteiger partial charge < -0.3 is 5.11 Å². The highest BCUT2D eigenvalue weighted by molar-refractivity contribution is 5.98. The van der Waals surface area contributed by atoms with Crippen molar-refractivity contribution in [3.05, 3.63) is 59.2 Å². The van der Waals surface area contributed by atoms with E-state index in [-0.39, 0.29) is 0 Å². The first kappa shape index (κ1) is 27.9. The van der Waals surface area contributed by atoms with Crippen molar-refractivity contribution in [2.24, 2.45) is 0 Å². The summed E-state index contributed by atoms with van der Waals surface area (Å²) in [6, 6.07) is 15.4. The van der Waals surface area contributed by atoms with Gasteiger partial charge in [-0.25, -0.2) is 4.90 Å². The number of hydrogen-bond acceptors (Lipinski definition) is 2. The van der Waals surface area contributed by atoms with Gasteiger partial charge in [0, 0.05) is 24.0 Å². The lowest BCUT2D eigenvalue weighted by molar-refractivity contribution is -0.554. The van der Waals surface area contributed by atoms with Crippen LogP contribution in [0, 0.1) is 0 Å². The highest BCUT2D eigenvalue weighted by atomic mass is 16.3. The Hall–Kier alpha value is -2.13. The lowest BCUT2D eigenvalue weighted by Crippen LogP contribution is -2.53. The summed E-state index contributed by atoms with van der Waals surface area (Å²) in [7, 11) is 0. The Bertz CT molecular complexity index is 1080. The zero-order valence-corrected chi connectivity index (χ0v) is 23.9. The van der Waals surface area contributed by atoms with Crippen LogP contribution in [0.5, 0.6) is 0 Å². The van der Waals surface area contributed by atoms with E-state index in [1.165, 1.54) is 98.4 Å². The van der Waals surface area contributed by atoms with Crippen molar-refractivity contribution < 1.29 is 9.68 Å². The molecule has 3 nitrogen and oxygen atoms in total. The van der Waals surface area contributed by atoms with Crippen LogP contribution in [-0.2, 0) is 6.54 Å².